The van der Waals surface area contributed by atoms with Gasteiger partial charge in [0.2, 0.25) is 0 Å². The van der Waals surface area contributed by atoms with Gasteiger partial charge in [-0.25, -0.2) is 9.78 Å². The lowest BCUT2D eigenvalue weighted by Gasteiger charge is -2.32. The maximum atomic E-state index is 12.9. The number of aromatic nitrogens is 2. The molecule has 144 valence electrons. The Hall–Kier alpha value is -2.88. The van der Waals surface area contributed by atoms with Crippen molar-refractivity contribution in [3.63, 3.8) is 0 Å². The highest BCUT2D eigenvalue weighted by atomic mass is 19.4. The number of aryl methyl sites for hydroxylation is 1. The Morgan fingerprint density at radius 3 is 2.78 bits per heavy atom. The third-order valence-corrected chi connectivity index (χ3v) is 4.23. The quantitative estimate of drug-likeness (QED) is 0.848. The molecule has 2 N–H and O–H groups in total. The number of carbonyl (C=O) groups excluding carboxylic acids is 1. The average molecular weight is 383 g/mol. The number of nitrogens with one attached hydrogen (secondary N) is 1. The molecule has 1 atom stereocenters. The van der Waals surface area contributed by atoms with Gasteiger partial charge in [-0.05, 0) is 19.1 Å². The van der Waals surface area contributed by atoms with Crippen LogP contribution < -0.4 is 0 Å². The minimum atomic E-state index is -4.50. The maximum Gasteiger partial charge on any atom is 0.416 e. The van der Waals surface area contributed by atoms with Crippen LogP contribution in [0, 0.1) is 6.92 Å². The zero-order valence-corrected chi connectivity index (χ0v) is 14.2. The summed E-state index contributed by atoms with van der Waals surface area (Å²) in [6.45, 7) is 1.69. The van der Waals surface area contributed by atoms with Gasteiger partial charge in [-0.1, -0.05) is 12.1 Å². The minimum absolute atomic E-state index is 0.0319. The molecule has 1 saturated heterocycles. The Morgan fingerprint density at radius 1 is 1.37 bits per heavy atom. The number of halogens is 3. The number of imidazole rings is 1. The van der Waals surface area contributed by atoms with Gasteiger partial charge >= 0.3 is 12.1 Å². The van der Waals surface area contributed by atoms with Crippen LogP contribution in [-0.2, 0) is 15.7 Å². The van der Waals surface area contributed by atoms with Crippen LogP contribution in [0.1, 0.15) is 21.7 Å². The van der Waals surface area contributed by atoms with E-state index in [1.807, 2.05) is 0 Å². The van der Waals surface area contributed by atoms with Crippen molar-refractivity contribution >= 4 is 11.9 Å². The summed E-state index contributed by atoms with van der Waals surface area (Å²) in [4.78, 5) is 32.2. The molecule has 2 aromatic rings. The van der Waals surface area contributed by atoms with Crippen molar-refractivity contribution in [2.24, 2.45) is 0 Å². The van der Waals surface area contributed by atoms with Gasteiger partial charge in [0.15, 0.2) is 6.04 Å². The molecule has 1 fully saturated rings. The van der Waals surface area contributed by atoms with E-state index >= 15 is 0 Å². The predicted octanol–water partition coefficient (Wildman–Crippen LogP) is 2.33. The number of carboxylic acid groups (broad SMARTS) is 1. The van der Waals surface area contributed by atoms with E-state index in [1.165, 1.54) is 12.1 Å². The number of hydrogen-bond acceptors (Lipinski definition) is 4. The summed E-state index contributed by atoms with van der Waals surface area (Å²) in [5.74, 6) is -1.71. The van der Waals surface area contributed by atoms with Crippen LogP contribution >= 0.6 is 0 Å². The van der Waals surface area contributed by atoms with Crippen LogP contribution in [-0.4, -0.2) is 57.7 Å². The Labute approximate surface area is 151 Å². The van der Waals surface area contributed by atoms with Crippen LogP contribution in [0.15, 0.2) is 24.3 Å². The van der Waals surface area contributed by atoms with Crippen molar-refractivity contribution in [2.45, 2.75) is 19.1 Å². The Bertz CT molecular complexity index is 879. The monoisotopic (exact) mass is 383 g/mol. The first-order chi connectivity index (χ1) is 12.7. The van der Waals surface area contributed by atoms with Gasteiger partial charge in [0.05, 0.1) is 18.8 Å². The van der Waals surface area contributed by atoms with Crippen molar-refractivity contribution in [1.29, 1.82) is 0 Å². The molecule has 1 amide bonds. The number of amides is 1. The fourth-order valence-corrected chi connectivity index (χ4v) is 2.84. The van der Waals surface area contributed by atoms with Gasteiger partial charge in [-0.3, -0.25) is 4.79 Å². The molecule has 2 heterocycles. The van der Waals surface area contributed by atoms with Crippen molar-refractivity contribution in [3.05, 3.63) is 41.2 Å². The molecule has 1 unspecified atom stereocenters. The van der Waals surface area contributed by atoms with E-state index in [-0.39, 0.29) is 36.8 Å². The van der Waals surface area contributed by atoms with E-state index in [2.05, 4.69) is 9.97 Å². The topological polar surface area (TPSA) is 95.5 Å². The molecule has 0 bridgehead atoms. The smallest absolute Gasteiger partial charge is 0.416 e. The number of alkyl halides is 3. The number of aromatic amines is 1. The van der Waals surface area contributed by atoms with Gasteiger partial charge in [0, 0.05) is 17.8 Å². The average Bonchev–Trinajstić information content (AvgIpc) is 3.02. The highest BCUT2D eigenvalue weighted by Crippen LogP contribution is 2.31. The first-order valence-corrected chi connectivity index (χ1v) is 8.04. The molecular formula is C17H16F3N3O4. The molecular weight excluding hydrogens is 367 g/mol. The lowest BCUT2D eigenvalue weighted by molar-refractivity contribution is -0.147. The number of H-pyrrole nitrogens is 1. The van der Waals surface area contributed by atoms with Crippen molar-refractivity contribution in [1.82, 2.24) is 14.9 Å². The molecule has 0 saturated carbocycles. The minimum Gasteiger partial charge on any atom is -0.480 e. The molecule has 0 spiro atoms. The number of morpholine rings is 1. The van der Waals surface area contributed by atoms with Crippen LogP contribution in [0.5, 0.6) is 0 Å². The van der Waals surface area contributed by atoms with Gasteiger partial charge in [-0.2, -0.15) is 13.2 Å². The van der Waals surface area contributed by atoms with E-state index in [0.29, 0.717) is 5.69 Å². The Morgan fingerprint density at radius 2 is 2.11 bits per heavy atom. The fraction of sp³-hybridized carbons (Fsp3) is 0.353. The van der Waals surface area contributed by atoms with Gasteiger partial charge in [-0.15, -0.1) is 0 Å². The Balaban J connectivity index is 1.93. The summed E-state index contributed by atoms with van der Waals surface area (Å²) in [6, 6.07) is 3.42. The lowest BCUT2D eigenvalue weighted by Crippen LogP contribution is -2.52. The zero-order chi connectivity index (χ0) is 19.8. The SMILES string of the molecule is Cc1[nH]c(-c2cccc(C(F)(F)F)c2)nc1C(=O)N1CCOCC1C(=O)O. The largest absolute Gasteiger partial charge is 0.480 e. The lowest BCUT2D eigenvalue weighted by atomic mass is 10.1. The molecule has 7 nitrogen and oxygen atoms in total. The summed E-state index contributed by atoms with van der Waals surface area (Å²) in [5, 5.41) is 9.26. The van der Waals surface area contributed by atoms with Gasteiger partial charge < -0.3 is 19.7 Å². The molecule has 1 aromatic heterocycles. The van der Waals surface area contributed by atoms with Gasteiger partial charge in [0.25, 0.3) is 5.91 Å². The first kappa shape index (κ1) is 18.9. The summed E-state index contributed by atoms with van der Waals surface area (Å²) in [7, 11) is 0. The number of carbonyl (C=O) groups is 2. The summed E-state index contributed by atoms with van der Waals surface area (Å²) in [6.07, 6.45) is -4.50. The first-order valence-electron chi connectivity index (χ1n) is 8.04. The molecule has 3 rings (SSSR count). The normalized spacial score (nSPS) is 17.8. The number of carboxylic acids is 1. The second kappa shape index (κ2) is 7.03. The number of benzene rings is 1. The highest BCUT2D eigenvalue weighted by Gasteiger charge is 2.35. The molecule has 10 heteroatoms. The number of hydrogen-bond donors (Lipinski definition) is 2. The second-order valence-electron chi connectivity index (χ2n) is 6.07. The van der Waals surface area contributed by atoms with E-state index < -0.39 is 29.7 Å². The van der Waals surface area contributed by atoms with E-state index in [9.17, 15) is 27.9 Å². The van der Waals surface area contributed by atoms with Crippen LogP contribution in [0.3, 0.4) is 0 Å². The predicted molar refractivity (Wildman–Crippen MR) is 87.0 cm³/mol. The van der Waals surface area contributed by atoms with Crippen LogP contribution in [0.4, 0.5) is 13.2 Å². The van der Waals surface area contributed by atoms with E-state index in [0.717, 1.165) is 17.0 Å². The molecule has 0 aliphatic carbocycles. The summed E-state index contributed by atoms with van der Waals surface area (Å²) >= 11 is 0. The zero-order valence-electron chi connectivity index (χ0n) is 14.2. The van der Waals surface area contributed by atoms with Crippen molar-refractivity contribution in [3.8, 4) is 11.4 Å². The summed E-state index contributed by atoms with van der Waals surface area (Å²) in [5.41, 5.74) is -0.358. The Kier molecular flexibility index (Phi) is 4.92. The molecule has 27 heavy (non-hydrogen) atoms. The number of rotatable bonds is 3. The molecule has 1 aliphatic rings. The fourth-order valence-electron chi connectivity index (χ4n) is 2.84. The molecule has 0 radical (unpaired) electrons. The number of aliphatic carboxylic acids is 1. The third kappa shape index (κ3) is 3.80. The third-order valence-electron chi connectivity index (χ3n) is 4.23. The maximum absolute atomic E-state index is 12.9. The van der Waals surface area contributed by atoms with Gasteiger partial charge in [0.1, 0.15) is 11.5 Å². The van der Waals surface area contributed by atoms with Crippen molar-refractivity contribution in [2.75, 3.05) is 19.8 Å². The van der Waals surface area contributed by atoms with E-state index in [1.54, 1.807) is 6.92 Å². The van der Waals surface area contributed by atoms with Crippen LogP contribution in [0.25, 0.3) is 11.4 Å². The van der Waals surface area contributed by atoms with Crippen molar-refractivity contribution < 1.29 is 32.6 Å². The number of nitrogens with zero attached hydrogens (tertiary/aromatic N) is 2. The summed E-state index contributed by atoms with van der Waals surface area (Å²) < 4.78 is 43.8. The number of ether oxygens (including phenoxy) is 1. The standard InChI is InChI=1S/C17H16F3N3O4/c1-9-13(15(24)23-5-6-27-8-12(23)16(25)26)22-14(21-9)10-3-2-4-11(7-10)17(18,19)20/h2-4,7,12H,5-6,8H2,1H3,(H,21,22)(H,25,26). The molecule has 1 aromatic carbocycles. The van der Waals surface area contributed by atoms with E-state index in [4.69, 9.17) is 4.74 Å². The molecule has 1 aliphatic heterocycles. The van der Waals surface area contributed by atoms with Crippen LogP contribution in [0.2, 0.25) is 0 Å². The second-order valence-corrected chi connectivity index (χ2v) is 6.07. The highest BCUT2D eigenvalue weighted by molar-refractivity contribution is 5.96.